The summed E-state index contributed by atoms with van der Waals surface area (Å²) in [6, 6.07) is 9.03. The largest absolute Gasteiger partial charge is 0.303 e. The highest BCUT2D eigenvalue weighted by Crippen LogP contribution is 2.31. The Labute approximate surface area is 178 Å². The zero-order valence-corrected chi connectivity index (χ0v) is 18.6. The molecule has 0 radical (unpaired) electrons. The lowest BCUT2D eigenvalue weighted by Gasteiger charge is -2.39. The average Bonchev–Trinajstić information content (AvgIpc) is 2.70. The number of aryl methyl sites for hydroxylation is 1. The van der Waals surface area contributed by atoms with Gasteiger partial charge in [-0.25, -0.2) is 17.2 Å². The summed E-state index contributed by atoms with van der Waals surface area (Å²) < 4.78 is 56.0. The average molecular weight is 437 g/mol. The Kier molecular flexibility index (Phi) is 7.14. The first kappa shape index (κ1) is 22.7. The lowest BCUT2D eigenvalue weighted by Crippen LogP contribution is -2.48. The Balaban J connectivity index is 1.91. The van der Waals surface area contributed by atoms with Gasteiger partial charge in [0.15, 0.2) is 0 Å². The van der Waals surface area contributed by atoms with Gasteiger partial charge in [0.05, 0.1) is 10.6 Å². The number of benzene rings is 2. The Morgan fingerprint density at radius 1 is 1.07 bits per heavy atom. The van der Waals surface area contributed by atoms with E-state index in [1.807, 2.05) is 0 Å². The zero-order valence-electron chi connectivity index (χ0n) is 17.8. The molecule has 164 valence electrons. The molecule has 0 amide bonds. The fraction of sp³-hybridized carbons (Fsp3) is 0.478. The van der Waals surface area contributed by atoms with Gasteiger partial charge in [-0.15, -0.1) is 0 Å². The van der Waals surface area contributed by atoms with Gasteiger partial charge in [0.1, 0.15) is 11.6 Å². The van der Waals surface area contributed by atoms with Crippen LogP contribution in [0.5, 0.6) is 0 Å². The molecule has 2 aromatic carbocycles. The Bertz CT molecular complexity index is 954. The van der Waals surface area contributed by atoms with E-state index in [1.165, 1.54) is 22.5 Å². The minimum Gasteiger partial charge on any atom is -0.303 e. The summed E-state index contributed by atoms with van der Waals surface area (Å²) in [5, 5.41) is 0. The highest BCUT2D eigenvalue weighted by molar-refractivity contribution is 7.92. The van der Waals surface area contributed by atoms with Gasteiger partial charge in [-0.3, -0.25) is 4.31 Å². The number of rotatable bonds is 7. The van der Waals surface area contributed by atoms with Crippen molar-refractivity contribution >= 4 is 15.7 Å². The first-order valence-corrected chi connectivity index (χ1v) is 11.9. The van der Waals surface area contributed by atoms with Crippen molar-refractivity contribution in [3.8, 4) is 0 Å². The summed E-state index contributed by atoms with van der Waals surface area (Å²) in [4.78, 5) is 2.36. The van der Waals surface area contributed by atoms with Crippen LogP contribution in [0.3, 0.4) is 0 Å². The summed E-state index contributed by atoms with van der Waals surface area (Å²) >= 11 is 0. The molecule has 1 fully saturated rings. The van der Waals surface area contributed by atoms with E-state index in [4.69, 9.17) is 0 Å². The lowest BCUT2D eigenvalue weighted by atomic mass is 10.0. The van der Waals surface area contributed by atoms with Gasteiger partial charge in [0, 0.05) is 19.1 Å². The van der Waals surface area contributed by atoms with Gasteiger partial charge in [-0.1, -0.05) is 19.9 Å². The number of sulfonamides is 1. The third-order valence-corrected chi connectivity index (χ3v) is 7.59. The number of anilines is 1. The predicted octanol–water partition coefficient (Wildman–Crippen LogP) is 4.98. The van der Waals surface area contributed by atoms with Gasteiger partial charge in [0.2, 0.25) is 0 Å². The number of halogens is 2. The quantitative estimate of drug-likeness (QED) is 0.615. The van der Waals surface area contributed by atoms with Gasteiger partial charge < -0.3 is 4.90 Å². The second-order valence-electron chi connectivity index (χ2n) is 8.44. The van der Waals surface area contributed by atoms with E-state index in [2.05, 4.69) is 18.7 Å². The van der Waals surface area contributed by atoms with Crippen LogP contribution in [0.15, 0.2) is 47.4 Å². The van der Waals surface area contributed by atoms with Gasteiger partial charge in [-0.2, -0.15) is 0 Å². The van der Waals surface area contributed by atoms with Crippen LogP contribution >= 0.6 is 0 Å². The summed E-state index contributed by atoms with van der Waals surface area (Å²) in [6.07, 6.45) is 2.42. The molecule has 3 rings (SSSR count). The summed E-state index contributed by atoms with van der Waals surface area (Å²) in [6.45, 7) is 8.60. The molecular formula is C23H30F2N2O2S. The molecule has 30 heavy (non-hydrogen) atoms. The summed E-state index contributed by atoms with van der Waals surface area (Å²) in [5.74, 6) is -0.324. The van der Waals surface area contributed by atoms with Gasteiger partial charge in [-0.05, 0) is 80.6 Å². The third kappa shape index (κ3) is 5.19. The standard InChI is InChI=1S/C23H30F2N2O2S/c1-17(2)10-13-26-14-11-20(12-15-26)27(21-7-4-18(3)23(25)16-21)30(28,29)22-8-5-19(24)6-9-22/h4-9,16-17,20H,10-15H2,1-3H3. The second-order valence-corrected chi connectivity index (χ2v) is 10.3. The van der Waals surface area contributed by atoms with E-state index in [-0.39, 0.29) is 10.9 Å². The van der Waals surface area contributed by atoms with Crippen LogP contribution < -0.4 is 4.31 Å². The van der Waals surface area contributed by atoms with Crippen LogP contribution in [0.2, 0.25) is 0 Å². The molecule has 1 aliphatic rings. The van der Waals surface area contributed by atoms with Crippen LogP contribution in [0, 0.1) is 24.5 Å². The van der Waals surface area contributed by atoms with Crippen molar-refractivity contribution in [2.45, 2.75) is 51.0 Å². The Morgan fingerprint density at radius 2 is 1.70 bits per heavy atom. The molecule has 1 heterocycles. The SMILES string of the molecule is Cc1ccc(N(C2CCN(CCC(C)C)CC2)S(=O)(=O)c2ccc(F)cc2)cc1F. The molecule has 2 aromatic rings. The highest BCUT2D eigenvalue weighted by Gasteiger charge is 2.34. The molecule has 0 spiro atoms. The van der Waals surface area contributed by atoms with Crippen LogP contribution in [0.1, 0.15) is 38.7 Å². The first-order valence-electron chi connectivity index (χ1n) is 10.5. The highest BCUT2D eigenvalue weighted by atomic mass is 32.2. The van der Waals surface area contributed by atoms with Crippen LogP contribution in [0.25, 0.3) is 0 Å². The van der Waals surface area contributed by atoms with E-state index in [0.717, 1.165) is 38.2 Å². The van der Waals surface area contributed by atoms with Crippen molar-refractivity contribution in [1.82, 2.24) is 4.90 Å². The fourth-order valence-electron chi connectivity index (χ4n) is 3.80. The topological polar surface area (TPSA) is 40.6 Å². The monoisotopic (exact) mass is 436 g/mol. The molecule has 1 saturated heterocycles. The number of piperidine rings is 1. The second kappa shape index (κ2) is 9.43. The predicted molar refractivity (Wildman–Crippen MR) is 116 cm³/mol. The number of hydrogen-bond acceptors (Lipinski definition) is 3. The van der Waals surface area contributed by atoms with Gasteiger partial charge >= 0.3 is 0 Å². The molecule has 0 atom stereocenters. The fourth-order valence-corrected chi connectivity index (χ4v) is 5.50. The third-order valence-electron chi connectivity index (χ3n) is 5.69. The van der Waals surface area contributed by atoms with E-state index < -0.39 is 21.7 Å². The molecule has 0 N–H and O–H groups in total. The van der Waals surface area contributed by atoms with Crippen molar-refractivity contribution in [2.75, 3.05) is 23.9 Å². The maximum absolute atomic E-state index is 14.3. The van der Waals surface area contributed by atoms with Crippen molar-refractivity contribution in [3.63, 3.8) is 0 Å². The van der Waals surface area contributed by atoms with E-state index in [0.29, 0.717) is 30.0 Å². The maximum Gasteiger partial charge on any atom is 0.264 e. The first-order chi connectivity index (χ1) is 14.2. The minimum absolute atomic E-state index is 0.00659. The van der Waals surface area contributed by atoms with Crippen molar-refractivity contribution in [2.24, 2.45) is 5.92 Å². The lowest BCUT2D eigenvalue weighted by molar-refractivity contribution is 0.204. The molecule has 7 heteroatoms. The molecule has 4 nitrogen and oxygen atoms in total. The molecule has 0 bridgehead atoms. The molecule has 0 unspecified atom stereocenters. The minimum atomic E-state index is -3.96. The molecule has 1 aliphatic heterocycles. The smallest absolute Gasteiger partial charge is 0.264 e. The molecular weight excluding hydrogens is 406 g/mol. The van der Waals surface area contributed by atoms with Crippen LogP contribution in [-0.4, -0.2) is 39.0 Å². The maximum atomic E-state index is 14.3. The Hall–Kier alpha value is -1.99. The van der Waals surface area contributed by atoms with Crippen molar-refractivity contribution < 1.29 is 17.2 Å². The van der Waals surface area contributed by atoms with Crippen LogP contribution in [0.4, 0.5) is 14.5 Å². The van der Waals surface area contributed by atoms with Crippen molar-refractivity contribution in [1.29, 1.82) is 0 Å². The van der Waals surface area contributed by atoms with Gasteiger partial charge in [0.25, 0.3) is 10.0 Å². The number of hydrogen-bond donors (Lipinski definition) is 0. The summed E-state index contributed by atoms with van der Waals surface area (Å²) in [7, 11) is -3.96. The number of nitrogens with zero attached hydrogens (tertiary/aromatic N) is 2. The van der Waals surface area contributed by atoms with E-state index in [1.54, 1.807) is 19.1 Å². The molecule has 0 aliphatic carbocycles. The van der Waals surface area contributed by atoms with Crippen molar-refractivity contribution in [3.05, 3.63) is 59.7 Å². The normalized spacial score (nSPS) is 16.2. The number of likely N-dealkylation sites (tertiary alicyclic amines) is 1. The summed E-state index contributed by atoms with van der Waals surface area (Å²) in [5.41, 5.74) is 0.768. The zero-order chi connectivity index (χ0) is 21.9. The Morgan fingerprint density at radius 3 is 2.27 bits per heavy atom. The molecule has 0 saturated carbocycles. The van der Waals surface area contributed by atoms with E-state index in [9.17, 15) is 17.2 Å². The van der Waals surface area contributed by atoms with Crippen LogP contribution in [-0.2, 0) is 10.0 Å². The van der Waals surface area contributed by atoms with E-state index >= 15 is 0 Å². The molecule has 0 aromatic heterocycles.